The van der Waals surface area contributed by atoms with E-state index in [0.29, 0.717) is 17.4 Å². The van der Waals surface area contributed by atoms with Crippen molar-refractivity contribution >= 4 is 22.8 Å². The highest BCUT2D eigenvalue weighted by Gasteiger charge is 2.21. The van der Waals surface area contributed by atoms with E-state index in [2.05, 4.69) is 20.3 Å². The molecule has 0 aliphatic heterocycles. The standard InChI is InChI=1S/C11H13N5/c12-9-8-2-1-5-13-10(8)16-11(15-9)14-6-7-3-4-7/h1-2,5,7H,3-4,6H2,(H3,12,13,14,15,16). The lowest BCUT2D eigenvalue weighted by molar-refractivity contribution is 0.875. The van der Waals surface area contributed by atoms with Crippen LogP contribution in [0.3, 0.4) is 0 Å². The summed E-state index contributed by atoms with van der Waals surface area (Å²) >= 11 is 0. The molecule has 5 heteroatoms. The zero-order valence-electron chi connectivity index (χ0n) is 8.85. The molecule has 5 nitrogen and oxygen atoms in total. The summed E-state index contributed by atoms with van der Waals surface area (Å²) in [5.74, 6) is 1.84. The Hall–Kier alpha value is -1.91. The average Bonchev–Trinajstić information content (AvgIpc) is 3.10. The molecule has 82 valence electrons. The molecule has 0 saturated heterocycles. The Morgan fingerprint density at radius 2 is 2.25 bits per heavy atom. The Morgan fingerprint density at radius 1 is 1.38 bits per heavy atom. The Labute approximate surface area is 93.1 Å². The van der Waals surface area contributed by atoms with Crippen LogP contribution >= 0.6 is 0 Å². The third kappa shape index (κ3) is 1.76. The molecule has 3 rings (SSSR count). The van der Waals surface area contributed by atoms with Crippen LogP contribution in [0.15, 0.2) is 18.3 Å². The summed E-state index contributed by atoms with van der Waals surface area (Å²) in [4.78, 5) is 12.7. The summed E-state index contributed by atoms with van der Waals surface area (Å²) in [5.41, 5.74) is 6.49. The van der Waals surface area contributed by atoms with Crippen LogP contribution in [0.1, 0.15) is 12.8 Å². The molecule has 0 atom stereocenters. The largest absolute Gasteiger partial charge is 0.383 e. The number of pyridine rings is 1. The van der Waals surface area contributed by atoms with Gasteiger partial charge in [-0.2, -0.15) is 9.97 Å². The van der Waals surface area contributed by atoms with E-state index >= 15 is 0 Å². The van der Waals surface area contributed by atoms with E-state index in [1.807, 2.05) is 12.1 Å². The summed E-state index contributed by atoms with van der Waals surface area (Å²) in [6, 6.07) is 3.71. The topological polar surface area (TPSA) is 76.7 Å². The Balaban J connectivity index is 1.92. The fourth-order valence-corrected chi connectivity index (χ4v) is 1.62. The highest BCUT2D eigenvalue weighted by molar-refractivity contribution is 5.85. The quantitative estimate of drug-likeness (QED) is 0.809. The van der Waals surface area contributed by atoms with E-state index in [9.17, 15) is 0 Å². The maximum absolute atomic E-state index is 5.85. The summed E-state index contributed by atoms with van der Waals surface area (Å²) in [6.07, 6.45) is 4.31. The first-order valence-electron chi connectivity index (χ1n) is 5.45. The number of nitrogens with zero attached hydrogens (tertiary/aromatic N) is 3. The van der Waals surface area contributed by atoms with E-state index in [1.165, 1.54) is 12.8 Å². The summed E-state index contributed by atoms with van der Waals surface area (Å²) in [7, 11) is 0. The molecular formula is C11H13N5. The van der Waals surface area contributed by atoms with E-state index in [-0.39, 0.29) is 0 Å². The zero-order chi connectivity index (χ0) is 11.0. The van der Waals surface area contributed by atoms with Crippen LogP contribution in [0.5, 0.6) is 0 Å². The SMILES string of the molecule is Nc1nc(NCC2CC2)nc2ncccc12. The smallest absolute Gasteiger partial charge is 0.226 e. The predicted molar refractivity (Wildman–Crippen MR) is 63.0 cm³/mol. The molecule has 2 heterocycles. The lowest BCUT2D eigenvalue weighted by Crippen LogP contribution is -2.08. The maximum Gasteiger partial charge on any atom is 0.226 e. The van der Waals surface area contributed by atoms with E-state index in [4.69, 9.17) is 5.73 Å². The highest BCUT2D eigenvalue weighted by Crippen LogP contribution is 2.28. The first-order valence-corrected chi connectivity index (χ1v) is 5.45. The van der Waals surface area contributed by atoms with Gasteiger partial charge in [-0.1, -0.05) is 0 Å². The Morgan fingerprint density at radius 3 is 3.06 bits per heavy atom. The van der Waals surface area contributed by atoms with Gasteiger partial charge in [-0.25, -0.2) is 4.98 Å². The number of nitrogen functional groups attached to an aromatic ring is 1. The van der Waals surface area contributed by atoms with Crippen LogP contribution in [-0.2, 0) is 0 Å². The first kappa shape index (κ1) is 9.33. The molecule has 1 aliphatic rings. The maximum atomic E-state index is 5.85. The van der Waals surface area contributed by atoms with Crippen LogP contribution in [0.25, 0.3) is 11.0 Å². The number of anilines is 2. The molecule has 0 amide bonds. The third-order valence-corrected chi connectivity index (χ3v) is 2.75. The molecule has 1 aliphatic carbocycles. The second kappa shape index (κ2) is 3.59. The van der Waals surface area contributed by atoms with E-state index < -0.39 is 0 Å². The second-order valence-corrected chi connectivity index (χ2v) is 4.13. The number of hydrogen-bond donors (Lipinski definition) is 2. The van der Waals surface area contributed by atoms with Crippen molar-refractivity contribution in [2.45, 2.75) is 12.8 Å². The minimum Gasteiger partial charge on any atom is -0.383 e. The average molecular weight is 215 g/mol. The Kier molecular flexibility index (Phi) is 2.09. The van der Waals surface area contributed by atoms with Crippen molar-refractivity contribution in [3.8, 4) is 0 Å². The second-order valence-electron chi connectivity index (χ2n) is 4.13. The zero-order valence-corrected chi connectivity index (χ0v) is 8.85. The minimum absolute atomic E-state index is 0.483. The fourth-order valence-electron chi connectivity index (χ4n) is 1.62. The lowest BCUT2D eigenvalue weighted by atomic mass is 10.3. The van der Waals surface area contributed by atoms with Gasteiger partial charge in [-0.15, -0.1) is 0 Å². The number of fused-ring (bicyclic) bond motifs is 1. The first-order chi connectivity index (χ1) is 7.83. The van der Waals surface area contributed by atoms with E-state index in [0.717, 1.165) is 17.8 Å². The molecular weight excluding hydrogens is 202 g/mol. The molecule has 0 unspecified atom stereocenters. The Bertz CT molecular complexity index is 521. The summed E-state index contributed by atoms with van der Waals surface area (Å²) < 4.78 is 0. The molecule has 0 aromatic carbocycles. The normalized spacial score (nSPS) is 15.2. The molecule has 0 spiro atoms. The van der Waals surface area contributed by atoms with Crippen molar-refractivity contribution in [3.63, 3.8) is 0 Å². The van der Waals surface area contributed by atoms with Gasteiger partial charge in [0.15, 0.2) is 5.65 Å². The number of hydrogen-bond acceptors (Lipinski definition) is 5. The van der Waals surface area contributed by atoms with Crippen LogP contribution in [-0.4, -0.2) is 21.5 Å². The van der Waals surface area contributed by atoms with Crippen molar-refractivity contribution in [3.05, 3.63) is 18.3 Å². The van der Waals surface area contributed by atoms with Gasteiger partial charge in [0.1, 0.15) is 5.82 Å². The van der Waals surface area contributed by atoms with Crippen molar-refractivity contribution in [1.82, 2.24) is 15.0 Å². The van der Waals surface area contributed by atoms with Crippen molar-refractivity contribution < 1.29 is 0 Å². The monoisotopic (exact) mass is 215 g/mol. The van der Waals surface area contributed by atoms with Gasteiger partial charge < -0.3 is 11.1 Å². The van der Waals surface area contributed by atoms with Crippen LogP contribution < -0.4 is 11.1 Å². The van der Waals surface area contributed by atoms with Gasteiger partial charge >= 0.3 is 0 Å². The van der Waals surface area contributed by atoms with Gasteiger partial charge in [0.25, 0.3) is 0 Å². The highest BCUT2D eigenvalue weighted by atomic mass is 15.1. The number of rotatable bonds is 3. The molecule has 1 saturated carbocycles. The van der Waals surface area contributed by atoms with Gasteiger partial charge in [0.05, 0.1) is 5.39 Å². The van der Waals surface area contributed by atoms with Crippen LogP contribution in [0.2, 0.25) is 0 Å². The predicted octanol–water partition coefficient (Wildman–Crippen LogP) is 1.43. The van der Waals surface area contributed by atoms with Crippen LogP contribution in [0.4, 0.5) is 11.8 Å². The molecule has 0 radical (unpaired) electrons. The number of nitrogens with one attached hydrogen (secondary N) is 1. The van der Waals surface area contributed by atoms with E-state index in [1.54, 1.807) is 6.20 Å². The van der Waals surface area contributed by atoms with Gasteiger partial charge in [0.2, 0.25) is 5.95 Å². The van der Waals surface area contributed by atoms with Crippen molar-refractivity contribution in [1.29, 1.82) is 0 Å². The van der Waals surface area contributed by atoms with Crippen molar-refractivity contribution in [2.75, 3.05) is 17.6 Å². The summed E-state index contributed by atoms with van der Waals surface area (Å²) in [6.45, 7) is 0.928. The molecule has 2 aromatic heterocycles. The number of aromatic nitrogens is 3. The third-order valence-electron chi connectivity index (χ3n) is 2.75. The molecule has 2 aromatic rings. The fraction of sp³-hybridized carbons (Fsp3) is 0.364. The van der Waals surface area contributed by atoms with Gasteiger partial charge in [0, 0.05) is 12.7 Å². The lowest BCUT2D eigenvalue weighted by Gasteiger charge is -2.06. The summed E-state index contributed by atoms with van der Waals surface area (Å²) in [5, 5.41) is 4.00. The number of nitrogens with two attached hydrogens (primary N) is 1. The minimum atomic E-state index is 0.483. The molecule has 1 fully saturated rings. The molecule has 3 N–H and O–H groups in total. The van der Waals surface area contributed by atoms with Crippen molar-refractivity contribution in [2.24, 2.45) is 5.92 Å². The molecule has 0 bridgehead atoms. The van der Waals surface area contributed by atoms with Gasteiger partial charge in [-0.05, 0) is 30.9 Å². The molecule has 16 heavy (non-hydrogen) atoms. The van der Waals surface area contributed by atoms with Crippen LogP contribution in [0, 0.1) is 5.92 Å². The van der Waals surface area contributed by atoms with Gasteiger partial charge in [-0.3, -0.25) is 0 Å².